The molecule has 1 aliphatic heterocycles. The number of hydrogen-bond donors (Lipinski definition) is 1. The second-order valence-corrected chi connectivity index (χ2v) is 6.70. The molecule has 2 amide bonds. The number of rotatable bonds is 6. The van der Waals surface area contributed by atoms with Crippen LogP contribution in [0.2, 0.25) is 0 Å². The lowest BCUT2D eigenvalue weighted by Gasteiger charge is -2.24. The summed E-state index contributed by atoms with van der Waals surface area (Å²) in [4.78, 5) is 31.3. The van der Waals surface area contributed by atoms with Crippen molar-refractivity contribution < 1.29 is 9.59 Å². The van der Waals surface area contributed by atoms with Crippen LogP contribution in [0.4, 0.5) is 5.69 Å². The quantitative estimate of drug-likeness (QED) is 0.879. The van der Waals surface area contributed by atoms with E-state index in [-0.39, 0.29) is 24.3 Å². The SMILES string of the molecule is CC(C)CCNC(=O)C[C@H]1c2ncccc2C(=O)N1c1ccccc1. The van der Waals surface area contributed by atoms with Crippen molar-refractivity contribution in [3.8, 4) is 0 Å². The largest absolute Gasteiger partial charge is 0.356 e. The Kier molecular flexibility index (Phi) is 5.12. The Morgan fingerprint density at radius 3 is 2.68 bits per heavy atom. The molecule has 0 unspecified atom stereocenters. The number of pyridine rings is 1. The highest BCUT2D eigenvalue weighted by molar-refractivity contribution is 6.11. The zero-order valence-corrected chi connectivity index (χ0v) is 14.6. The minimum absolute atomic E-state index is 0.0575. The summed E-state index contributed by atoms with van der Waals surface area (Å²) < 4.78 is 0. The third-order valence-corrected chi connectivity index (χ3v) is 4.37. The molecule has 5 nitrogen and oxygen atoms in total. The van der Waals surface area contributed by atoms with Gasteiger partial charge in [-0.25, -0.2) is 0 Å². The molecule has 2 aromatic rings. The summed E-state index contributed by atoms with van der Waals surface area (Å²) in [5.74, 6) is 0.378. The molecule has 5 heteroatoms. The second-order valence-electron chi connectivity index (χ2n) is 6.70. The molecule has 0 fully saturated rings. The molecule has 1 aliphatic rings. The normalized spacial score (nSPS) is 16.2. The molecule has 1 aromatic carbocycles. The molecule has 0 bridgehead atoms. The van der Waals surface area contributed by atoms with Crippen LogP contribution >= 0.6 is 0 Å². The van der Waals surface area contributed by atoms with E-state index in [1.807, 2.05) is 30.3 Å². The smallest absolute Gasteiger partial charge is 0.260 e. The lowest BCUT2D eigenvalue weighted by atomic mass is 10.1. The standard InChI is InChI=1S/C20H23N3O2/c1-14(2)10-12-21-18(24)13-17-19-16(9-6-11-22-19)20(25)23(17)15-7-4-3-5-8-15/h3-9,11,14,17H,10,12-13H2,1-2H3,(H,21,24)/t17-/m0/s1. The maximum atomic E-state index is 12.8. The van der Waals surface area contributed by atoms with Crippen LogP contribution in [0, 0.1) is 5.92 Å². The van der Waals surface area contributed by atoms with E-state index in [0.29, 0.717) is 23.7 Å². The van der Waals surface area contributed by atoms with Crippen LogP contribution in [-0.4, -0.2) is 23.3 Å². The van der Waals surface area contributed by atoms with Crippen molar-refractivity contribution in [3.63, 3.8) is 0 Å². The van der Waals surface area contributed by atoms with Crippen molar-refractivity contribution in [2.75, 3.05) is 11.4 Å². The summed E-state index contributed by atoms with van der Waals surface area (Å²) in [6.07, 6.45) is 2.82. The van der Waals surface area contributed by atoms with Gasteiger partial charge in [0.25, 0.3) is 5.91 Å². The van der Waals surface area contributed by atoms with E-state index in [0.717, 1.165) is 12.1 Å². The highest BCUT2D eigenvalue weighted by Gasteiger charge is 2.39. The van der Waals surface area contributed by atoms with Gasteiger partial charge in [-0.2, -0.15) is 0 Å². The molecule has 3 rings (SSSR count). The van der Waals surface area contributed by atoms with Gasteiger partial charge in [-0.3, -0.25) is 19.5 Å². The first kappa shape index (κ1) is 17.1. The fourth-order valence-corrected chi connectivity index (χ4v) is 3.08. The lowest BCUT2D eigenvalue weighted by Crippen LogP contribution is -2.33. The van der Waals surface area contributed by atoms with Gasteiger partial charge in [0.15, 0.2) is 0 Å². The number of carbonyl (C=O) groups excluding carboxylic acids is 2. The number of fused-ring (bicyclic) bond motifs is 1. The van der Waals surface area contributed by atoms with Gasteiger partial charge in [0, 0.05) is 18.4 Å². The summed E-state index contributed by atoms with van der Waals surface area (Å²) in [7, 11) is 0. The van der Waals surface area contributed by atoms with Crippen LogP contribution in [0.25, 0.3) is 0 Å². The monoisotopic (exact) mass is 337 g/mol. The van der Waals surface area contributed by atoms with Crippen molar-refractivity contribution in [3.05, 3.63) is 59.9 Å². The Hall–Kier alpha value is -2.69. The first-order valence-corrected chi connectivity index (χ1v) is 8.68. The topological polar surface area (TPSA) is 62.3 Å². The number of para-hydroxylation sites is 1. The minimum atomic E-state index is -0.370. The molecule has 1 N–H and O–H groups in total. The zero-order chi connectivity index (χ0) is 17.8. The Balaban J connectivity index is 1.83. The zero-order valence-electron chi connectivity index (χ0n) is 14.6. The Morgan fingerprint density at radius 2 is 1.96 bits per heavy atom. The Labute approximate surface area is 148 Å². The molecule has 0 saturated heterocycles. The van der Waals surface area contributed by atoms with E-state index in [2.05, 4.69) is 24.1 Å². The average Bonchev–Trinajstić information content (AvgIpc) is 2.88. The number of benzene rings is 1. The van der Waals surface area contributed by atoms with Gasteiger partial charge in [0.05, 0.1) is 23.7 Å². The van der Waals surface area contributed by atoms with Crippen LogP contribution in [0.15, 0.2) is 48.7 Å². The van der Waals surface area contributed by atoms with E-state index < -0.39 is 0 Å². The number of anilines is 1. The van der Waals surface area contributed by atoms with E-state index in [9.17, 15) is 9.59 Å². The Bertz CT molecular complexity index is 759. The lowest BCUT2D eigenvalue weighted by molar-refractivity contribution is -0.121. The molecule has 0 spiro atoms. The highest BCUT2D eigenvalue weighted by atomic mass is 16.2. The fraction of sp³-hybridized carbons (Fsp3) is 0.350. The molecule has 1 atom stereocenters. The van der Waals surface area contributed by atoms with Gasteiger partial charge in [-0.05, 0) is 36.6 Å². The second kappa shape index (κ2) is 7.47. The number of aromatic nitrogens is 1. The molecular formula is C20H23N3O2. The number of hydrogen-bond acceptors (Lipinski definition) is 3. The van der Waals surface area contributed by atoms with Crippen LogP contribution < -0.4 is 10.2 Å². The molecule has 2 heterocycles. The predicted molar refractivity (Wildman–Crippen MR) is 97.3 cm³/mol. The summed E-state index contributed by atoms with van der Waals surface area (Å²) in [5, 5.41) is 2.95. The van der Waals surface area contributed by atoms with Gasteiger partial charge in [-0.15, -0.1) is 0 Å². The number of carbonyl (C=O) groups is 2. The van der Waals surface area contributed by atoms with Crippen LogP contribution in [0.3, 0.4) is 0 Å². The van der Waals surface area contributed by atoms with Crippen molar-refractivity contribution in [1.82, 2.24) is 10.3 Å². The van der Waals surface area contributed by atoms with E-state index in [1.165, 1.54) is 0 Å². The first-order valence-electron chi connectivity index (χ1n) is 8.68. The molecule has 0 saturated carbocycles. The summed E-state index contributed by atoms with van der Waals surface area (Å²) in [6.45, 7) is 4.90. The van der Waals surface area contributed by atoms with Gasteiger partial charge < -0.3 is 5.32 Å². The van der Waals surface area contributed by atoms with Gasteiger partial charge in [0.1, 0.15) is 0 Å². The van der Waals surface area contributed by atoms with Crippen molar-refractivity contribution in [2.45, 2.75) is 32.7 Å². The molecule has 0 aliphatic carbocycles. The predicted octanol–water partition coefficient (Wildman–Crippen LogP) is 3.34. The van der Waals surface area contributed by atoms with Crippen LogP contribution in [0.5, 0.6) is 0 Å². The van der Waals surface area contributed by atoms with Gasteiger partial charge in [-0.1, -0.05) is 32.0 Å². The van der Waals surface area contributed by atoms with Crippen LogP contribution in [-0.2, 0) is 4.79 Å². The van der Waals surface area contributed by atoms with Crippen molar-refractivity contribution >= 4 is 17.5 Å². The van der Waals surface area contributed by atoms with Crippen molar-refractivity contribution in [1.29, 1.82) is 0 Å². The third kappa shape index (κ3) is 3.71. The van der Waals surface area contributed by atoms with E-state index in [1.54, 1.807) is 23.2 Å². The average molecular weight is 337 g/mol. The minimum Gasteiger partial charge on any atom is -0.356 e. The third-order valence-electron chi connectivity index (χ3n) is 4.37. The van der Waals surface area contributed by atoms with Crippen LogP contribution in [0.1, 0.15) is 48.8 Å². The fourth-order valence-electron chi connectivity index (χ4n) is 3.08. The summed E-state index contributed by atoms with van der Waals surface area (Å²) in [6, 6.07) is 12.6. The molecular weight excluding hydrogens is 314 g/mol. The summed E-state index contributed by atoms with van der Waals surface area (Å²) >= 11 is 0. The Morgan fingerprint density at radius 1 is 1.20 bits per heavy atom. The summed E-state index contributed by atoms with van der Waals surface area (Å²) in [5.41, 5.74) is 2.03. The first-order chi connectivity index (χ1) is 12.1. The highest BCUT2D eigenvalue weighted by Crippen LogP contribution is 2.37. The number of amides is 2. The molecule has 1 aromatic heterocycles. The van der Waals surface area contributed by atoms with E-state index >= 15 is 0 Å². The molecule has 130 valence electrons. The van der Waals surface area contributed by atoms with E-state index in [4.69, 9.17) is 0 Å². The van der Waals surface area contributed by atoms with Gasteiger partial charge in [0.2, 0.25) is 5.91 Å². The number of nitrogens with zero attached hydrogens (tertiary/aromatic N) is 2. The van der Waals surface area contributed by atoms with Crippen molar-refractivity contribution in [2.24, 2.45) is 5.92 Å². The number of nitrogens with one attached hydrogen (secondary N) is 1. The van der Waals surface area contributed by atoms with Gasteiger partial charge >= 0.3 is 0 Å². The maximum absolute atomic E-state index is 12.8. The molecule has 0 radical (unpaired) electrons. The molecule has 25 heavy (non-hydrogen) atoms. The maximum Gasteiger partial charge on any atom is 0.260 e.